The molecule has 0 fully saturated rings. The van der Waals surface area contributed by atoms with Crippen LogP contribution in [0.5, 0.6) is 5.75 Å². The minimum atomic E-state index is -0.860. The molecule has 12 heavy (non-hydrogen) atoms. The first-order chi connectivity index (χ1) is 5.61. The number of phenols is 1. The third-order valence-electron chi connectivity index (χ3n) is 1.76. The van der Waals surface area contributed by atoms with Crippen LogP contribution in [0.2, 0.25) is 0 Å². The van der Waals surface area contributed by atoms with Gasteiger partial charge in [0.2, 0.25) is 0 Å². The van der Waals surface area contributed by atoms with E-state index in [1.54, 1.807) is 19.1 Å². The Bertz CT molecular complexity index is 276. The molecule has 0 amide bonds. The van der Waals surface area contributed by atoms with Crippen molar-refractivity contribution in [2.45, 2.75) is 12.8 Å². The Morgan fingerprint density at radius 1 is 1.33 bits per heavy atom. The number of carboxylic acids is 1. The Balaban J connectivity index is 2.89. The van der Waals surface area contributed by atoms with E-state index in [2.05, 4.69) is 0 Å². The molecule has 0 aliphatic heterocycles. The lowest BCUT2D eigenvalue weighted by molar-refractivity contribution is -0.138. The number of benzene rings is 1. The SMILES string of the molecule is C[C@@H](C(=O)O)c1ccc(O)cc1. The Hall–Kier alpha value is -1.51. The Morgan fingerprint density at radius 2 is 1.83 bits per heavy atom. The van der Waals surface area contributed by atoms with Gasteiger partial charge in [0.25, 0.3) is 0 Å². The van der Waals surface area contributed by atoms with Crippen molar-refractivity contribution >= 4 is 5.97 Å². The number of hydrogen-bond acceptors (Lipinski definition) is 2. The first-order valence-corrected chi connectivity index (χ1v) is 3.63. The Kier molecular flexibility index (Phi) is 2.33. The molecule has 3 nitrogen and oxygen atoms in total. The molecule has 0 aromatic heterocycles. The third-order valence-corrected chi connectivity index (χ3v) is 1.76. The molecule has 0 heterocycles. The summed E-state index contributed by atoms with van der Waals surface area (Å²) in [5.74, 6) is -1.23. The molecule has 0 aliphatic rings. The first kappa shape index (κ1) is 8.59. The lowest BCUT2D eigenvalue weighted by Gasteiger charge is -2.05. The van der Waals surface area contributed by atoms with Crippen molar-refractivity contribution in [2.75, 3.05) is 0 Å². The van der Waals surface area contributed by atoms with Crippen molar-refractivity contribution < 1.29 is 15.0 Å². The van der Waals surface area contributed by atoms with Gasteiger partial charge in [0.15, 0.2) is 0 Å². The molecule has 1 aromatic carbocycles. The van der Waals surface area contributed by atoms with Crippen molar-refractivity contribution in [1.29, 1.82) is 0 Å². The topological polar surface area (TPSA) is 57.5 Å². The molecular weight excluding hydrogens is 156 g/mol. The molecule has 0 unspecified atom stereocenters. The highest BCUT2D eigenvalue weighted by molar-refractivity contribution is 5.75. The Morgan fingerprint density at radius 3 is 2.25 bits per heavy atom. The fourth-order valence-corrected chi connectivity index (χ4v) is 0.906. The molecule has 1 aromatic rings. The van der Waals surface area contributed by atoms with E-state index >= 15 is 0 Å². The van der Waals surface area contributed by atoms with Crippen molar-refractivity contribution in [1.82, 2.24) is 0 Å². The molecule has 0 saturated carbocycles. The van der Waals surface area contributed by atoms with E-state index in [0.29, 0.717) is 5.56 Å². The van der Waals surface area contributed by atoms with Crippen LogP contribution in [0.4, 0.5) is 0 Å². The fraction of sp³-hybridized carbons (Fsp3) is 0.222. The van der Waals surface area contributed by atoms with Gasteiger partial charge in [0, 0.05) is 0 Å². The molecular formula is C9H10O3. The molecule has 1 atom stereocenters. The van der Waals surface area contributed by atoms with Gasteiger partial charge in [-0.15, -0.1) is 0 Å². The summed E-state index contributed by atoms with van der Waals surface area (Å²) in [6.45, 7) is 1.61. The number of carbonyl (C=O) groups is 1. The summed E-state index contributed by atoms with van der Waals surface area (Å²) in [5, 5.41) is 17.6. The summed E-state index contributed by atoms with van der Waals surface area (Å²) in [4.78, 5) is 10.5. The van der Waals surface area contributed by atoms with Gasteiger partial charge in [0.05, 0.1) is 5.92 Å². The quantitative estimate of drug-likeness (QED) is 0.701. The van der Waals surface area contributed by atoms with Gasteiger partial charge in [-0.3, -0.25) is 4.79 Å². The summed E-state index contributed by atoms with van der Waals surface area (Å²) < 4.78 is 0. The van der Waals surface area contributed by atoms with E-state index in [1.807, 2.05) is 0 Å². The second kappa shape index (κ2) is 3.26. The van der Waals surface area contributed by atoms with E-state index in [9.17, 15) is 4.79 Å². The summed E-state index contributed by atoms with van der Waals surface area (Å²) >= 11 is 0. The van der Waals surface area contributed by atoms with E-state index in [-0.39, 0.29) is 5.75 Å². The van der Waals surface area contributed by atoms with Gasteiger partial charge >= 0.3 is 5.97 Å². The maximum atomic E-state index is 10.5. The van der Waals surface area contributed by atoms with Gasteiger partial charge in [0.1, 0.15) is 5.75 Å². The molecule has 0 aliphatic carbocycles. The van der Waals surface area contributed by atoms with E-state index in [4.69, 9.17) is 10.2 Å². The highest BCUT2D eigenvalue weighted by atomic mass is 16.4. The summed E-state index contributed by atoms with van der Waals surface area (Å²) in [5.41, 5.74) is 0.695. The lowest BCUT2D eigenvalue weighted by atomic mass is 10.0. The van der Waals surface area contributed by atoms with Gasteiger partial charge < -0.3 is 10.2 Å². The fourth-order valence-electron chi connectivity index (χ4n) is 0.906. The highest BCUT2D eigenvalue weighted by Gasteiger charge is 2.12. The van der Waals surface area contributed by atoms with E-state index in [1.165, 1.54) is 12.1 Å². The van der Waals surface area contributed by atoms with Crippen LogP contribution in [0.3, 0.4) is 0 Å². The molecule has 1 rings (SSSR count). The molecule has 3 heteroatoms. The maximum absolute atomic E-state index is 10.5. The number of phenolic OH excluding ortho intramolecular Hbond substituents is 1. The molecule has 0 spiro atoms. The minimum absolute atomic E-state index is 0.149. The third kappa shape index (κ3) is 1.75. The Labute approximate surface area is 70.3 Å². The zero-order valence-corrected chi connectivity index (χ0v) is 6.69. The van der Waals surface area contributed by atoms with Gasteiger partial charge in [-0.05, 0) is 24.6 Å². The normalized spacial score (nSPS) is 12.4. The number of aliphatic carboxylic acids is 1. The van der Waals surface area contributed by atoms with Gasteiger partial charge in [-0.2, -0.15) is 0 Å². The van der Waals surface area contributed by atoms with Crippen LogP contribution in [0.25, 0.3) is 0 Å². The number of rotatable bonds is 2. The van der Waals surface area contributed by atoms with Crippen LogP contribution in [0.15, 0.2) is 24.3 Å². The highest BCUT2D eigenvalue weighted by Crippen LogP contribution is 2.18. The predicted octanol–water partition coefficient (Wildman–Crippen LogP) is 1.58. The average Bonchev–Trinajstić information content (AvgIpc) is 2.04. The second-order valence-corrected chi connectivity index (χ2v) is 2.65. The van der Waals surface area contributed by atoms with Gasteiger partial charge in [-0.1, -0.05) is 12.1 Å². The largest absolute Gasteiger partial charge is 0.508 e. The van der Waals surface area contributed by atoms with Crippen LogP contribution in [0, 0.1) is 0 Å². The van der Waals surface area contributed by atoms with Crippen molar-refractivity contribution in [2.24, 2.45) is 0 Å². The molecule has 64 valence electrons. The van der Waals surface area contributed by atoms with Gasteiger partial charge in [-0.25, -0.2) is 0 Å². The first-order valence-electron chi connectivity index (χ1n) is 3.63. The predicted molar refractivity (Wildman–Crippen MR) is 44.2 cm³/mol. The number of hydrogen-bond donors (Lipinski definition) is 2. The molecule has 0 bridgehead atoms. The summed E-state index contributed by atoms with van der Waals surface area (Å²) in [6, 6.07) is 6.17. The second-order valence-electron chi connectivity index (χ2n) is 2.65. The smallest absolute Gasteiger partial charge is 0.310 e. The average molecular weight is 166 g/mol. The molecule has 2 N–H and O–H groups in total. The minimum Gasteiger partial charge on any atom is -0.508 e. The standard InChI is InChI=1S/C9H10O3/c1-6(9(11)12)7-2-4-8(10)5-3-7/h2-6,10H,1H3,(H,11,12)/t6-/m1/s1. The van der Waals surface area contributed by atoms with Crippen LogP contribution < -0.4 is 0 Å². The van der Waals surface area contributed by atoms with Crippen LogP contribution in [-0.4, -0.2) is 16.2 Å². The van der Waals surface area contributed by atoms with E-state index in [0.717, 1.165) is 0 Å². The van der Waals surface area contributed by atoms with Crippen molar-refractivity contribution in [3.63, 3.8) is 0 Å². The van der Waals surface area contributed by atoms with Crippen LogP contribution in [0.1, 0.15) is 18.4 Å². The number of aromatic hydroxyl groups is 1. The summed E-state index contributed by atoms with van der Waals surface area (Å²) in [6.07, 6.45) is 0. The molecule has 0 radical (unpaired) electrons. The number of carboxylic acid groups (broad SMARTS) is 1. The maximum Gasteiger partial charge on any atom is 0.310 e. The lowest BCUT2D eigenvalue weighted by Crippen LogP contribution is -2.06. The van der Waals surface area contributed by atoms with Crippen molar-refractivity contribution in [3.8, 4) is 5.75 Å². The zero-order valence-electron chi connectivity index (χ0n) is 6.69. The van der Waals surface area contributed by atoms with Crippen LogP contribution in [-0.2, 0) is 4.79 Å². The zero-order chi connectivity index (χ0) is 9.14. The summed E-state index contributed by atoms with van der Waals surface area (Å²) in [7, 11) is 0. The monoisotopic (exact) mass is 166 g/mol. The van der Waals surface area contributed by atoms with Crippen molar-refractivity contribution in [3.05, 3.63) is 29.8 Å². The van der Waals surface area contributed by atoms with E-state index < -0.39 is 11.9 Å². The van der Waals surface area contributed by atoms with Crippen LogP contribution >= 0.6 is 0 Å². The molecule has 0 saturated heterocycles.